The van der Waals surface area contributed by atoms with Gasteiger partial charge in [0, 0.05) is 20.1 Å². The number of carboxylic acids is 1. The van der Waals surface area contributed by atoms with Crippen LogP contribution in [0.4, 0.5) is 5.82 Å². The van der Waals surface area contributed by atoms with Crippen LogP contribution in [0, 0.1) is 6.92 Å². The zero-order chi connectivity index (χ0) is 13.2. The fourth-order valence-corrected chi connectivity index (χ4v) is 1.92. The molecule has 0 spiro atoms. The summed E-state index contributed by atoms with van der Waals surface area (Å²) in [5.74, 6) is -0.300. The van der Waals surface area contributed by atoms with Crippen molar-refractivity contribution in [2.75, 3.05) is 18.0 Å². The standard InChI is InChI=1S/C12H19N3O2/c1-6-15(7-8(2)3)11-10(12(16)17)9(4)13-14(11)5/h2,6-7H2,1,3-5H3,(H,16,17). The third-order valence-corrected chi connectivity index (χ3v) is 2.55. The molecule has 0 radical (unpaired) electrons. The Morgan fingerprint density at radius 2 is 2.18 bits per heavy atom. The summed E-state index contributed by atoms with van der Waals surface area (Å²) in [6.07, 6.45) is 0. The van der Waals surface area contributed by atoms with Crippen molar-refractivity contribution in [2.45, 2.75) is 20.8 Å². The molecule has 0 amide bonds. The summed E-state index contributed by atoms with van der Waals surface area (Å²) in [6, 6.07) is 0. The van der Waals surface area contributed by atoms with Crippen LogP contribution in [-0.2, 0) is 7.05 Å². The molecule has 0 aliphatic rings. The SMILES string of the molecule is C=C(C)CN(CC)c1c(C(=O)O)c(C)nn1C. The molecule has 0 fully saturated rings. The predicted molar refractivity (Wildman–Crippen MR) is 67.6 cm³/mol. The van der Waals surface area contributed by atoms with Crippen molar-refractivity contribution in [3.8, 4) is 0 Å². The lowest BCUT2D eigenvalue weighted by molar-refractivity contribution is 0.0696. The molecule has 17 heavy (non-hydrogen) atoms. The maximum Gasteiger partial charge on any atom is 0.341 e. The third-order valence-electron chi connectivity index (χ3n) is 2.55. The van der Waals surface area contributed by atoms with E-state index in [0.29, 0.717) is 24.6 Å². The van der Waals surface area contributed by atoms with Crippen molar-refractivity contribution in [1.29, 1.82) is 0 Å². The van der Waals surface area contributed by atoms with Gasteiger partial charge in [-0.25, -0.2) is 4.79 Å². The Hall–Kier alpha value is -1.78. The second kappa shape index (κ2) is 5.03. The molecule has 5 nitrogen and oxygen atoms in total. The first kappa shape index (κ1) is 13.3. The molecule has 0 saturated carbocycles. The van der Waals surface area contributed by atoms with Gasteiger partial charge in [0.1, 0.15) is 11.4 Å². The van der Waals surface area contributed by atoms with E-state index in [1.54, 1.807) is 18.7 Å². The molecular weight excluding hydrogens is 218 g/mol. The van der Waals surface area contributed by atoms with Crippen molar-refractivity contribution >= 4 is 11.8 Å². The molecule has 1 N–H and O–H groups in total. The maximum absolute atomic E-state index is 11.3. The second-order valence-electron chi connectivity index (χ2n) is 4.18. The molecule has 0 saturated heterocycles. The highest BCUT2D eigenvalue weighted by atomic mass is 16.4. The van der Waals surface area contributed by atoms with Crippen molar-refractivity contribution in [1.82, 2.24) is 9.78 Å². The number of anilines is 1. The van der Waals surface area contributed by atoms with E-state index in [0.717, 1.165) is 5.57 Å². The van der Waals surface area contributed by atoms with Gasteiger partial charge in [-0.15, -0.1) is 0 Å². The van der Waals surface area contributed by atoms with Crippen LogP contribution in [0.2, 0.25) is 0 Å². The molecule has 0 aromatic carbocycles. The predicted octanol–water partition coefficient (Wildman–Crippen LogP) is 1.83. The summed E-state index contributed by atoms with van der Waals surface area (Å²) >= 11 is 0. The number of hydrogen-bond donors (Lipinski definition) is 1. The Balaban J connectivity index is 3.27. The van der Waals surface area contributed by atoms with Gasteiger partial charge in [-0.2, -0.15) is 5.10 Å². The van der Waals surface area contributed by atoms with Crippen LogP contribution in [-0.4, -0.2) is 33.9 Å². The number of nitrogens with zero attached hydrogens (tertiary/aromatic N) is 3. The Labute approximate surface area is 101 Å². The number of hydrogen-bond acceptors (Lipinski definition) is 3. The Kier molecular flexibility index (Phi) is 3.93. The van der Waals surface area contributed by atoms with E-state index in [-0.39, 0.29) is 5.56 Å². The zero-order valence-electron chi connectivity index (χ0n) is 10.8. The van der Waals surface area contributed by atoms with E-state index in [9.17, 15) is 9.90 Å². The highest BCUT2D eigenvalue weighted by molar-refractivity contribution is 5.94. The third kappa shape index (κ3) is 2.67. The molecule has 0 unspecified atom stereocenters. The summed E-state index contributed by atoms with van der Waals surface area (Å²) in [5, 5.41) is 13.4. The monoisotopic (exact) mass is 237 g/mol. The van der Waals surface area contributed by atoms with Gasteiger partial charge in [-0.1, -0.05) is 12.2 Å². The minimum atomic E-state index is -0.939. The van der Waals surface area contributed by atoms with E-state index in [1.165, 1.54) is 0 Å². The number of aromatic nitrogens is 2. The van der Waals surface area contributed by atoms with Gasteiger partial charge in [0.15, 0.2) is 0 Å². The van der Waals surface area contributed by atoms with Crippen molar-refractivity contribution in [3.05, 3.63) is 23.4 Å². The van der Waals surface area contributed by atoms with Gasteiger partial charge < -0.3 is 10.0 Å². The topological polar surface area (TPSA) is 58.4 Å². The molecule has 1 aromatic rings. The van der Waals surface area contributed by atoms with Gasteiger partial charge in [-0.3, -0.25) is 4.68 Å². The van der Waals surface area contributed by atoms with Crippen LogP contribution >= 0.6 is 0 Å². The van der Waals surface area contributed by atoms with E-state index >= 15 is 0 Å². The van der Waals surface area contributed by atoms with Crippen LogP contribution in [0.25, 0.3) is 0 Å². The highest BCUT2D eigenvalue weighted by Crippen LogP contribution is 2.23. The van der Waals surface area contributed by atoms with Crippen molar-refractivity contribution in [2.24, 2.45) is 7.05 Å². The molecule has 1 aromatic heterocycles. The minimum Gasteiger partial charge on any atom is -0.477 e. The minimum absolute atomic E-state index is 0.274. The zero-order valence-corrected chi connectivity index (χ0v) is 10.8. The molecule has 0 bridgehead atoms. The first-order valence-electron chi connectivity index (χ1n) is 5.54. The fourth-order valence-electron chi connectivity index (χ4n) is 1.92. The lowest BCUT2D eigenvalue weighted by Crippen LogP contribution is -2.28. The molecule has 1 rings (SSSR count). The molecule has 94 valence electrons. The Morgan fingerprint density at radius 3 is 2.59 bits per heavy atom. The molecule has 1 heterocycles. The van der Waals surface area contributed by atoms with Crippen LogP contribution in [0.3, 0.4) is 0 Å². The maximum atomic E-state index is 11.3. The Bertz CT molecular complexity index is 449. The number of rotatable bonds is 5. The van der Waals surface area contributed by atoms with Gasteiger partial charge in [0.05, 0.1) is 5.69 Å². The number of carboxylic acid groups (broad SMARTS) is 1. The molecule has 5 heteroatoms. The van der Waals surface area contributed by atoms with Crippen LogP contribution in [0.15, 0.2) is 12.2 Å². The number of aromatic carboxylic acids is 1. The van der Waals surface area contributed by atoms with Crippen LogP contribution in [0.1, 0.15) is 29.9 Å². The van der Waals surface area contributed by atoms with Gasteiger partial charge in [0.2, 0.25) is 0 Å². The van der Waals surface area contributed by atoms with Gasteiger partial charge >= 0.3 is 5.97 Å². The number of aryl methyl sites for hydroxylation is 2. The average Bonchev–Trinajstić information content (AvgIpc) is 2.49. The largest absolute Gasteiger partial charge is 0.477 e. The summed E-state index contributed by atoms with van der Waals surface area (Å²) in [4.78, 5) is 13.2. The van der Waals surface area contributed by atoms with Crippen LogP contribution in [0.5, 0.6) is 0 Å². The lowest BCUT2D eigenvalue weighted by Gasteiger charge is -2.23. The first-order valence-corrected chi connectivity index (χ1v) is 5.54. The van der Waals surface area contributed by atoms with Gasteiger partial charge in [0.25, 0.3) is 0 Å². The smallest absolute Gasteiger partial charge is 0.341 e. The quantitative estimate of drug-likeness (QED) is 0.794. The summed E-state index contributed by atoms with van der Waals surface area (Å²) in [6.45, 7) is 10.8. The molecule has 0 aliphatic carbocycles. The normalized spacial score (nSPS) is 10.4. The number of likely N-dealkylation sites (N-methyl/N-ethyl adjacent to an activating group) is 1. The van der Waals surface area contributed by atoms with E-state index < -0.39 is 5.97 Å². The van der Waals surface area contributed by atoms with Crippen molar-refractivity contribution in [3.63, 3.8) is 0 Å². The average molecular weight is 237 g/mol. The first-order chi connectivity index (χ1) is 7.88. The molecule has 0 aliphatic heterocycles. The molecule has 0 atom stereocenters. The molecular formula is C12H19N3O2. The summed E-state index contributed by atoms with van der Waals surface area (Å²) < 4.78 is 1.62. The van der Waals surface area contributed by atoms with E-state index in [2.05, 4.69) is 11.7 Å². The Morgan fingerprint density at radius 1 is 1.59 bits per heavy atom. The lowest BCUT2D eigenvalue weighted by atomic mass is 10.2. The van der Waals surface area contributed by atoms with Crippen molar-refractivity contribution < 1.29 is 9.90 Å². The summed E-state index contributed by atoms with van der Waals surface area (Å²) in [7, 11) is 1.76. The highest BCUT2D eigenvalue weighted by Gasteiger charge is 2.23. The van der Waals surface area contributed by atoms with E-state index in [1.807, 2.05) is 18.7 Å². The number of carbonyl (C=O) groups is 1. The van der Waals surface area contributed by atoms with E-state index in [4.69, 9.17) is 0 Å². The van der Waals surface area contributed by atoms with Crippen LogP contribution < -0.4 is 4.90 Å². The fraction of sp³-hybridized carbons (Fsp3) is 0.500. The van der Waals surface area contributed by atoms with Gasteiger partial charge in [-0.05, 0) is 20.8 Å². The summed E-state index contributed by atoms with van der Waals surface area (Å²) in [5.41, 5.74) is 1.80. The second-order valence-corrected chi connectivity index (χ2v) is 4.18.